The predicted molar refractivity (Wildman–Crippen MR) is 111 cm³/mol. The minimum absolute atomic E-state index is 0.0560. The molecule has 0 saturated carbocycles. The highest BCUT2D eigenvalue weighted by Crippen LogP contribution is 2.39. The molecule has 170 valence electrons. The third kappa shape index (κ3) is 3.57. The summed E-state index contributed by atoms with van der Waals surface area (Å²) in [4.78, 5) is 13.5. The van der Waals surface area contributed by atoms with Gasteiger partial charge in [0.15, 0.2) is 0 Å². The molecule has 1 saturated heterocycles. The molecule has 6 N–H and O–H groups in total. The summed E-state index contributed by atoms with van der Waals surface area (Å²) in [5.74, 6) is -0.415. The first-order valence-electron chi connectivity index (χ1n) is 9.74. The summed E-state index contributed by atoms with van der Waals surface area (Å²) < 4.78 is 16.6. The second-order valence-electron chi connectivity index (χ2n) is 7.49. The minimum Gasteiger partial charge on any atom is -0.508 e. The largest absolute Gasteiger partial charge is 0.508 e. The zero-order chi connectivity index (χ0) is 23.2. The van der Waals surface area contributed by atoms with Crippen molar-refractivity contribution in [2.75, 3.05) is 13.7 Å². The van der Waals surface area contributed by atoms with Crippen LogP contribution in [-0.4, -0.2) is 68.8 Å². The predicted octanol–water partition coefficient (Wildman–Crippen LogP) is 0.395. The summed E-state index contributed by atoms with van der Waals surface area (Å²) in [6.07, 6.45) is -7.85. The van der Waals surface area contributed by atoms with Gasteiger partial charge >= 0.3 is 0 Å². The van der Waals surface area contributed by atoms with Crippen molar-refractivity contribution in [1.82, 2.24) is 0 Å². The van der Waals surface area contributed by atoms with Crippen LogP contribution >= 0.6 is 0 Å². The van der Waals surface area contributed by atoms with Crippen molar-refractivity contribution >= 4 is 11.0 Å². The molecule has 1 aliphatic heterocycles. The van der Waals surface area contributed by atoms with Gasteiger partial charge in [0.1, 0.15) is 64.5 Å². The van der Waals surface area contributed by atoms with Crippen LogP contribution in [0, 0.1) is 0 Å². The molecule has 0 aliphatic carbocycles. The summed E-state index contributed by atoms with van der Waals surface area (Å²) in [6, 6.07) is 8.50. The van der Waals surface area contributed by atoms with Crippen LogP contribution < -0.4 is 10.2 Å². The zero-order valence-corrected chi connectivity index (χ0v) is 16.9. The maximum atomic E-state index is 13.5. The molecular weight excluding hydrogens is 424 g/mol. The van der Waals surface area contributed by atoms with E-state index in [9.17, 15) is 35.4 Å². The van der Waals surface area contributed by atoms with E-state index in [1.807, 2.05) is 0 Å². The van der Waals surface area contributed by atoms with Gasteiger partial charge in [0.2, 0.25) is 5.43 Å². The van der Waals surface area contributed by atoms with Gasteiger partial charge < -0.3 is 44.5 Å². The highest BCUT2D eigenvalue weighted by molar-refractivity contribution is 5.87. The van der Waals surface area contributed by atoms with E-state index in [-0.39, 0.29) is 28.0 Å². The van der Waals surface area contributed by atoms with E-state index < -0.39 is 48.3 Å². The molecule has 5 unspecified atom stereocenters. The lowest BCUT2D eigenvalue weighted by Crippen LogP contribution is -2.55. The number of aromatic hydroxyl groups is 2. The lowest BCUT2D eigenvalue weighted by Gasteiger charge is -2.40. The molecule has 1 aromatic heterocycles. The van der Waals surface area contributed by atoms with E-state index in [4.69, 9.17) is 13.9 Å². The van der Waals surface area contributed by atoms with Crippen LogP contribution in [0.2, 0.25) is 0 Å². The number of phenols is 2. The maximum absolute atomic E-state index is 13.5. The van der Waals surface area contributed by atoms with Crippen LogP contribution in [0.4, 0.5) is 0 Å². The molecule has 5 atom stereocenters. The number of methoxy groups -OCH3 is 1. The van der Waals surface area contributed by atoms with E-state index in [0.717, 1.165) is 12.1 Å². The monoisotopic (exact) mass is 446 g/mol. The van der Waals surface area contributed by atoms with Gasteiger partial charge in [0, 0.05) is 17.7 Å². The first kappa shape index (κ1) is 22.1. The van der Waals surface area contributed by atoms with Crippen LogP contribution in [-0.2, 0) is 4.74 Å². The standard InChI is InChI=1S/C22H22O10/c1-30-11-4-2-9(3-5-11)21-16(22-20(29)19(28)17(26)14(8-23)32-22)18(27)15-12(25)6-10(24)7-13(15)31-21/h2-7,14,17,19-20,22-26,28-29H,8H2,1H3. The molecule has 32 heavy (non-hydrogen) atoms. The third-order valence-electron chi connectivity index (χ3n) is 5.52. The highest BCUT2D eigenvalue weighted by Gasteiger charge is 2.46. The van der Waals surface area contributed by atoms with E-state index in [0.29, 0.717) is 11.3 Å². The van der Waals surface area contributed by atoms with Crippen molar-refractivity contribution in [3.63, 3.8) is 0 Å². The van der Waals surface area contributed by atoms with Gasteiger partial charge in [-0.2, -0.15) is 0 Å². The molecular formula is C22H22O10. The molecule has 0 bridgehead atoms. The molecule has 0 radical (unpaired) electrons. The molecule has 2 aromatic carbocycles. The van der Waals surface area contributed by atoms with Gasteiger partial charge in [-0.1, -0.05) is 0 Å². The molecule has 2 heterocycles. The second-order valence-corrected chi connectivity index (χ2v) is 7.49. The molecule has 0 amide bonds. The lowest BCUT2D eigenvalue weighted by atomic mass is 9.89. The molecule has 10 heteroatoms. The van der Waals surface area contributed by atoms with Crippen molar-refractivity contribution in [2.45, 2.75) is 30.5 Å². The number of ether oxygens (including phenoxy) is 2. The van der Waals surface area contributed by atoms with Crippen LogP contribution in [0.3, 0.4) is 0 Å². The number of aliphatic hydroxyl groups is 4. The van der Waals surface area contributed by atoms with Crippen LogP contribution in [0.5, 0.6) is 17.2 Å². The number of rotatable bonds is 4. The summed E-state index contributed by atoms with van der Waals surface area (Å²) in [6.45, 7) is -0.683. The van der Waals surface area contributed by atoms with Crippen LogP contribution in [0.1, 0.15) is 11.7 Å². The summed E-state index contributed by atoms with van der Waals surface area (Å²) in [5.41, 5.74) is -0.759. The van der Waals surface area contributed by atoms with E-state index >= 15 is 0 Å². The van der Waals surface area contributed by atoms with E-state index in [1.54, 1.807) is 24.3 Å². The van der Waals surface area contributed by atoms with Gasteiger partial charge in [-0.05, 0) is 24.3 Å². The first-order chi connectivity index (χ1) is 15.3. The fourth-order valence-electron chi connectivity index (χ4n) is 3.85. The zero-order valence-electron chi connectivity index (χ0n) is 16.9. The Hall–Kier alpha value is -3.15. The summed E-state index contributed by atoms with van der Waals surface area (Å²) in [5, 5.41) is 60.3. The van der Waals surface area contributed by atoms with Crippen molar-refractivity contribution in [2.24, 2.45) is 0 Å². The number of phenolic OH excluding ortho intramolecular Hbond substituents is 2. The molecule has 3 aromatic rings. The Bertz CT molecular complexity index is 1180. The molecule has 1 fully saturated rings. The van der Waals surface area contributed by atoms with Crippen LogP contribution in [0.25, 0.3) is 22.3 Å². The fraction of sp³-hybridized carbons (Fsp3) is 0.318. The van der Waals surface area contributed by atoms with Crippen molar-refractivity contribution < 1.29 is 44.5 Å². The number of aliphatic hydroxyl groups excluding tert-OH is 4. The second kappa shape index (κ2) is 8.41. The van der Waals surface area contributed by atoms with Crippen LogP contribution in [0.15, 0.2) is 45.6 Å². The molecule has 0 spiro atoms. The number of hydrogen-bond acceptors (Lipinski definition) is 10. The highest BCUT2D eigenvalue weighted by atomic mass is 16.5. The number of hydrogen-bond donors (Lipinski definition) is 6. The van der Waals surface area contributed by atoms with E-state index in [1.165, 1.54) is 7.11 Å². The number of benzene rings is 2. The smallest absolute Gasteiger partial charge is 0.203 e. The first-order valence-corrected chi connectivity index (χ1v) is 9.74. The quantitative estimate of drug-likeness (QED) is 0.330. The van der Waals surface area contributed by atoms with Gasteiger partial charge in [-0.25, -0.2) is 0 Å². The Labute approximate surface area is 181 Å². The van der Waals surface area contributed by atoms with Crippen molar-refractivity contribution in [3.8, 4) is 28.6 Å². The summed E-state index contributed by atoms with van der Waals surface area (Å²) >= 11 is 0. The SMILES string of the molecule is COc1ccc(-c2oc3cc(O)cc(O)c3c(=O)c2C2OC(CO)C(O)C(O)C2O)cc1. The maximum Gasteiger partial charge on any atom is 0.203 e. The van der Waals surface area contributed by atoms with Gasteiger partial charge in [-0.15, -0.1) is 0 Å². The average Bonchev–Trinajstić information content (AvgIpc) is 2.77. The Morgan fingerprint density at radius 3 is 2.31 bits per heavy atom. The Morgan fingerprint density at radius 2 is 1.69 bits per heavy atom. The molecule has 10 nitrogen and oxygen atoms in total. The average molecular weight is 446 g/mol. The van der Waals surface area contributed by atoms with Gasteiger partial charge in [0.25, 0.3) is 0 Å². The Balaban J connectivity index is 2.01. The summed E-state index contributed by atoms with van der Waals surface area (Å²) in [7, 11) is 1.48. The molecule has 1 aliphatic rings. The Morgan fingerprint density at radius 1 is 1.00 bits per heavy atom. The van der Waals surface area contributed by atoms with Crippen molar-refractivity contribution in [3.05, 3.63) is 52.2 Å². The lowest BCUT2D eigenvalue weighted by molar-refractivity contribution is -0.232. The normalized spacial score (nSPS) is 25.7. The minimum atomic E-state index is -1.75. The number of fused-ring (bicyclic) bond motifs is 1. The van der Waals surface area contributed by atoms with Crippen molar-refractivity contribution in [1.29, 1.82) is 0 Å². The fourth-order valence-corrected chi connectivity index (χ4v) is 3.85. The van der Waals surface area contributed by atoms with E-state index in [2.05, 4.69) is 0 Å². The third-order valence-corrected chi connectivity index (χ3v) is 5.52. The van der Waals surface area contributed by atoms with Gasteiger partial charge in [0.05, 0.1) is 19.3 Å². The molecule has 4 rings (SSSR count). The topological polar surface area (TPSA) is 170 Å². The van der Waals surface area contributed by atoms with Gasteiger partial charge in [-0.3, -0.25) is 4.79 Å². The Kier molecular flexibility index (Phi) is 5.80.